The molecule has 0 fully saturated rings. The van der Waals surface area contributed by atoms with Gasteiger partial charge in [-0.05, 0) is 0 Å². The third-order valence-corrected chi connectivity index (χ3v) is 47.5. The first-order chi connectivity index (χ1) is 24.5. The Hall–Kier alpha value is -4.11. The van der Waals surface area contributed by atoms with E-state index in [0.717, 1.165) is 0 Å². The molecule has 0 heterocycles. The van der Waals surface area contributed by atoms with Crippen LogP contribution in [-0.4, -0.2) is 6.94 Å². The van der Waals surface area contributed by atoms with Crippen LogP contribution < -0.4 is 0 Å². The molecule has 0 saturated heterocycles. The molecule has 0 spiro atoms. The summed E-state index contributed by atoms with van der Waals surface area (Å²) in [6.45, 7) is 11.4. The molecule has 6 aromatic rings. The predicted molar refractivity (Wildman–Crippen MR) is 229 cm³/mol. The molecular formula is C50H52HfSi. The summed E-state index contributed by atoms with van der Waals surface area (Å²) in [6, 6.07) is 45.5. The third-order valence-electron chi connectivity index (χ3n) is 13.1. The van der Waals surface area contributed by atoms with E-state index in [9.17, 15) is 0 Å². The molecule has 2 aliphatic rings. The number of benzene rings is 6. The van der Waals surface area contributed by atoms with Gasteiger partial charge in [0.15, 0.2) is 0 Å². The summed E-state index contributed by atoms with van der Waals surface area (Å²) in [5.74, 6) is 0. The Morgan fingerprint density at radius 2 is 0.692 bits per heavy atom. The first-order valence-corrected chi connectivity index (χ1v) is 45.9. The van der Waals surface area contributed by atoms with Crippen molar-refractivity contribution in [1.82, 2.24) is 0 Å². The molecule has 52 heavy (non-hydrogen) atoms. The Bertz CT molecular complexity index is 2450. The van der Waals surface area contributed by atoms with E-state index in [1.807, 2.05) is 0 Å². The van der Waals surface area contributed by atoms with Gasteiger partial charge in [0.2, 0.25) is 0 Å². The Morgan fingerprint density at radius 1 is 0.385 bits per heavy atom. The minimum atomic E-state index is -4.95. The van der Waals surface area contributed by atoms with Crippen LogP contribution in [0.15, 0.2) is 133 Å². The molecule has 2 atom stereocenters. The van der Waals surface area contributed by atoms with Gasteiger partial charge in [0, 0.05) is 0 Å². The van der Waals surface area contributed by atoms with Gasteiger partial charge in [0.1, 0.15) is 0 Å². The monoisotopic (exact) mass is 860 g/mol. The van der Waals surface area contributed by atoms with Crippen LogP contribution in [0.3, 0.4) is 0 Å². The Labute approximate surface area is 307 Å². The van der Waals surface area contributed by atoms with Crippen molar-refractivity contribution >= 4 is 19.1 Å². The number of hydrogen-bond donors (Lipinski definition) is 0. The summed E-state index contributed by atoms with van der Waals surface area (Å²) in [4.78, 5) is 0. The molecule has 2 aliphatic carbocycles. The van der Waals surface area contributed by atoms with Gasteiger partial charge in [-0.25, -0.2) is 0 Å². The van der Waals surface area contributed by atoms with E-state index < -0.39 is 14.2 Å². The number of rotatable bonds is 6. The molecule has 0 N–H and O–H groups in total. The van der Waals surface area contributed by atoms with E-state index in [-0.39, 0.29) is 0 Å². The number of aryl methyl sites for hydroxylation is 4. The molecule has 6 aromatic carbocycles. The van der Waals surface area contributed by atoms with Crippen LogP contribution in [0.5, 0.6) is 0 Å². The van der Waals surface area contributed by atoms with Gasteiger partial charge in [-0.1, -0.05) is 0 Å². The molecule has 0 bridgehead atoms. The third kappa shape index (κ3) is 5.32. The van der Waals surface area contributed by atoms with E-state index in [4.69, 9.17) is 0 Å². The molecular weight excluding hydrogens is 807 g/mol. The molecule has 0 amide bonds. The molecule has 0 aliphatic heterocycles. The Morgan fingerprint density at radius 3 is 1.06 bits per heavy atom. The van der Waals surface area contributed by atoms with Gasteiger partial charge in [0.05, 0.1) is 0 Å². The van der Waals surface area contributed by atoms with E-state index in [2.05, 4.69) is 199 Å². The fourth-order valence-electron chi connectivity index (χ4n) is 10.3. The predicted octanol–water partition coefficient (Wildman–Crippen LogP) is 13.9. The SMILES string of the molecule is Cc1cccc(C)c1-c1ccccc1-c1cccc2c1C=C[CH]2[Hf]([CH3])([CH3])([CH3])([CH3])(=[SiH2])[CH]1C=Cc2c(-c3ccccc3-c3c(C)cccc3C)cccc21. The summed E-state index contributed by atoms with van der Waals surface area (Å²) in [5.41, 5.74) is 21.7. The second-order valence-electron chi connectivity index (χ2n) is 20.2. The normalized spacial score (nSPS) is 18.3. The molecule has 2 heteroatoms. The van der Waals surface area contributed by atoms with E-state index in [1.165, 1.54) is 89.0 Å². The summed E-state index contributed by atoms with van der Waals surface area (Å²) in [5, 5.41) is 0. The van der Waals surface area contributed by atoms with Crippen LogP contribution in [0.1, 0.15) is 51.9 Å². The fraction of sp³-hybridized carbons (Fsp3) is 0.200. The van der Waals surface area contributed by atoms with Crippen molar-refractivity contribution in [3.05, 3.63) is 178 Å². The zero-order chi connectivity index (χ0) is 36.7. The van der Waals surface area contributed by atoms with Crippen LogP contribution in [-0.2, 0) is 14.2 Å². The van der Waals surface area contributed by atoms with Crippen LogP contribution in [0.25, 0.3) is 56.7 Å². The maximum absolute atomic E-state index is 4.95. The zero-order valence-electron chi connectivity index (χ0n) is 32.2. The minimum absolute atomic E-state index is 0.344. The summed E-state index contributed by atoms with van der Waals surface area (Å²) in [7, 11) is 0. The number of hydrogen-bond acceptors (Lipinski definition) is 0. The quantitative estimate of drug-likeness (QED) is 0.146. The van der Waals surface area contributed by atoms with Gasteiger partial charge in [0.25, 0.3) is 0 Å². The van der Waals surface area contributed by atoms with E-state index in [1.54, 1.807) is 0 Å². The zero-order valence-corrected chi connectivity index (χ0v) is 37.2. The van der Waals surface area contributed by atoms with Gasteiger partial charge in [-0.2, -0.15) is 0 Å². The molecule has 0 radical (unpaired) electrons. The van der Waals surface area contributed by atoms with Gasteiger partial charge >= 0.3 is 310 Å². The Balaban J connectivity index is 1.27. The fourth-order valence-corrected chi connectivity index (χ4v) is 39.2. The van der Waals surface area contributed by atoms with Crippen molar-refractivity contribution in [2.24, 2.45) is 0 Å². The molecule has 0 saturated carbocycles. The molecule has 0 aromatic heterocycles. The van der Waals surface area contributed by atoms with Crippen molar-refractivity contribution in [3.63, 3.8) is 0 Å². The van der Waals surface area contributed by atoms with Crippen molar-refractivity contribution in [2.45, 2.75) is 53.8 Å². The van der Waals surface area contributed by atoms with Crippen LogP contribution in [0.2, 0.25) is 18.7 Å². The molecule has 2 unspecified atom stereocenters. The number of fused-ring (bicyclic) bond motifs is 2. The van der Waals surface area contributed by atoms with Gasteiger partial charge < -0.3 is 0 Å². The van der Waals surface area contributed by atoms with Crippen LogP contribution in [0, 0.1) is 27.7 Å². The standard InChI is InChI=1S/2C23H19.4CH3.Hf.H2Si/c2*1-16-8-5-9-17(2)23(16)22-13-4-3-12-21(22)20-15-7-11-18-10-6-14-19(18)20;;;;;;/h2*3-15H,1-2H3;4*1H3;;1H2. The second-order valence-corrected chi connectivity index (χ2v) is 107. The first kappa shape index (κ1) is 34.9. The Kier molecular flexibility index (Phi) is 7.37. The van der Waals surface area contributed by atoms with E-state index >= 15 is 0 Å². The summed E-state index contributed by atoms with van der Waals surface area (Å²) >= 11 is -4.95. The van der Waals surface area contributed by atoms with Crippen LogP contribution in [0.4, 0.5) is 0 Å². The molecule has 0 nitrogen and oxygen atoms in total. The average molecular weight is 860 g/mol. The topological polar surface area (TPSA) is 0 Å². The van der Waals surface area contributed by atoms with Crippen molar-refractivity contribution in [1.29, 1.82) is 0 Å². The first-order valence-electron chi connectivity index (χ1n) is 19.0. The van der Waals surface area contributed by atoms with Crippen molar-refractivity contribution < 1.29 is 14.2 Å². The van der Waals surface area contributed by atoms with Gasteiger partial charge in [-0.3, -0.25) is 0 Å². The molecule has 8 rings (SSSR count). The van der Waals surface area contributed by atoms with E-state index in [0.29, 0.717) is 7.35 Å². The summed E-state index contributed by atoms with van der Waals surface area (Å²) in [6.07, 6.45) is 10.1. The van der Waals surface area contributed by atoms with Gasteiger partial charge in [-0.15, -0.1) is 0 Å². The number of allylic oxidation sites excluding steroid dienone is 2. The maximum atomic E-state index is 2.74. The summed E-state index contributed by atoms with van der Waals surface area (Å²) < 4.78 is 11.7. The molecule has 260 valence electrons. The van der Waals surface area contributed by atoms with Crippen LogP contribution >= 0.6 is 0 Å². The average Bonchev–Trinajstić information content (AvgIpc) is 3.76. The van der Waals surface area contributed by atoms with Crippen molar-refractivity contribution in [2.75, 3.05) is 0 Å². The van der Waals surface area contributed by atoms with Crippen molar-refractivity contribution in [3.8, 4) is 44.5 Å². The second kappa shape index (κ2) is 11.0.